The van der Waals surface area contributed by atoms with Gasteiger partial charge in [0.15, 0.2) is 5.82 Å². The fraction of sp³-hybridized carbons (Fsp3) is 0.261. The molecule has 1 aliphatic heterocycles. The number of rotatable bonds is 4. The molecule has 31 heavy (non-hydrogen) atoms. The Morgan fingerprint density at radius 1 is 1.06 bits per heavy atom. The maximum atomic E-state index is 13.0. The highest BCUT2D eigenvalue weighted by Crippen LogP contribution is 2.38. The molecule has 8 heteroatoms. The summed E-state index contributed by atoms with van der Waals surface area (Å²) in [6, 6.07) is 12.0. The molecule has 1 aliphatic carbocycles. The summed E-state index contributed by atoms with van der Waals surface area (Å²) in [5, 5.41) is 4.05. The van der Waals surface area contributed by atoms with Crippen LogP contribution in [0, 0.1) is 0 Å². The molecule has 0 spiro atoms. The average Bonchev–Trinajstić information content (AvgIpc) is 3.34. The summed E-state index contributed by atoms with van der Waals surface area (Å²) in [4.78, 5) is 28.1. The van der Waals surface area contributed by atoms with E-state index in [0.29, 0.717) is 36.4 Å². The predicted molar refractivity (Wildman–Crippen MR) is 112 cm³/mol. The van der Waals surface area contributed by atoms with E-state index < -0.39 is 0 Å². The molecule has 0 radical (unpaired) electrons. The van der Waals surface area contributed by atoms with Crippen molar-refractivity contribution in [3.05, 3.63) is 77.8 Å². The lowest BCUT2D eigenvalue weighted by Crippen LogP contribution is -2.36. The van der Waals surface area contributed by atoms with Crippen LogP contribution >= 0.6 is 0 Å². The molecule has 154 valence electrons. The van der Waals surface area contributed by atoms with Crippen LogP contribution < -0.4 is 0 Å². The lowest BCUT2D eigenvalue weighted by Gasteiger charge is -2.28. The van der Waals surface area contributed by atoms with Crippen LogP contribution in [0.3, 0.4) is 0 Å². The molecule has 0 unspecified atom stereocenters. The van der Waals surface area contributed by atoms with Crippen LogP contribution in [0.2, 0.25) is 0 Å². The van der Waals surface area contributed by atoms with Gasteiger partial charge in [0, 0.05) is 31.4 Å². The Hall–Kier alpha value is -3.81. The number of pyridine rings is 1. The molecule has 1 amide bonds. The van der Waals surface area contributed by atoms with Crippen LogP contribution in [-0.2, 0) is 13.0 Å². The number of aromatic nitrogens is 5. The van der Waals surface area contributed by atoms with Crippen molar-refractivity contribution < 1.29 is 9.32 Å². The minimum absolute atomic E-state index is 0.0664. The summed E-state index contributed by atoms with van der Waals surface area (Å²) >= 11 is 0. The van der Waals surface area contributed by atoms with Gasteiger partial charge in [-0.15, -0.1) is 0 Å². The molecule has 8 nitrogen and oxygen atoms in total. The largest absolute Gasteiger partial charge is 0.334 e. The van der Waals surface area contributed by atoms with E-state index in [1.807, 2.05) is 29.2 Å². The highest BCUT2D eigenvalue weighted by molar-refractivity contribution is 5.92. The van der Waals surface area contributed by atoms with Crippen LogP contribution in [0.15, 0.2) is 59.6 Å². The number of carbonyl (C=O) groups excluding carboxylic acids is 1. The van der Waals surface area contributed by atoms with Crippen molar-refractivity contribution in [2.75, 3.05) is 6.54 Å². The van der Waals surface area contributed by atoms with Gasteiger partial charge in [-0.1, -0.05) is 29.4 Å². The SMILES string of the molecule is O=C(c1cn(-c2ccc(-c3nc(C4CC4)no3)cn2)cn1)N1CCc2ccccc2C1. The Bertz CT molecular complexity index is 1260. The van der Waals surface area contributed by atoms with Gasteiger partial charge in [0.05, 0.1) is 5.56 Å². The molecule has 1 saturated carbocycles. The summed E-state index contributed by atoms with van der Waals surface area (Å²) in [5.41, 5.74) is 3.69. The fourth-order valence-corrected chi connectivity index (χ4v) is 3.91. The first-order chi connectivity index (χ1) is 15.2. The Kier molecular flexibility index (Phi) is 4.15. The minimum Gasteiger partial charge on any atom is -0.334 e. The molecule has 0 saturated heterocycles. The van der Waals surface area contributed by atoms with E-state index >= 15 is 0 Å². The molecular formula is C23H20N6O2. The quantitative estimate of drug-likeness (QED) is 0.510. The first-order valence-corrected chi connectivity index (χ1v) is 10.4. The number of amides is 1. The van der Waals surface area contributed by atoms with Crippen molar-refractivity contribution in [1.29, 1.82) is 0 Å². The maximum Gasteiger partial charge on any atom is 0.274 e. The molecule has 0 atom stereocenters. The second-order valence-corrected chi connectivity index (χ2v) is 8.05. The first-order valence-electron chi connectivity index (χ1n) is 10.4. The number of fused-ring (bicyclic) bond motifs is 1. The van der Waals surface area contributed by atoms with Crippen molar-refractivity contribution in [2.45, 2.75) is 31.7 Å². The van der Waals surface area contributed by atoms with Gasteiger partial charge >= 0.3 is 0 Å². The Morgan fingerprint density at radius 3 is 2.74 bits per heavy atom. The van der Waals surface area contributed by atoms with Crippen molar-refractivity contribution in [3.8, 4) is 17.3 Å². The molecule has 4 heterocycles. The van der Waals surface area contributed by atoms with Crippen LogP contribution in [0.1, 0.15) is 46.2 Å². The second-order valence-electron chi connectivity index (χ2n) is 8.05. The summed E-state index contributed by atoms with van der Waals surface area (Å²) < 4.78 is 7.10. The van der Waals surface area contributed by atoms with Gasteiger partial charge in [0.2, 0.25) is 0 Å². The van der Waals surface area contributed by atoms with E-state index in [4.69, 9.17) is 4.52 Å². The summed E-state index contributed by atoms with van der Waals surface area (Å²) in [6.45, 7) is 1.31. The van der Waals surface area contributed by atoms with Crippen LogP contribution in [0.25, 0.3) is 17.3 Å². The number of imidazole rings is 1. The average molecular weight is 412 g/mol. The smallest absolute Gasteiger partial charge is 0.274 e. The van der Waals surface area contributed by atoms with Gasteiger partial charge in [0.1, 0.15) is 17.8 Å². The standard InChI is InChI=1S/C23H20N6O2/c30-23(28-10-9-15-3-1-2-4-18(15)12-28)19-13-29(14-25-19)20-8-7-17(11-24-20)22-26-21(27-31-22)16-5-6-16/h1-4,7-8,11,13-14,16H,5-6,9-10,12H2. The van der Waals surface area contributed by atoms with Gasteiger partial charge < -0.3 is 9.42 Å². The number of benzene rings is 1. The number of hydrogen-bond acceptors (Lipinski definition) is 6. The highest BCUT2D eigenvalue weighted by atomic mass is 16.5. The zero-order chi connectivity index (χ0) is 20.8. The molecule has 0 bridgehead atoms. The molecule has 6 rings (SSSR count). The molecule has 2 aliphatic rings. The van der Waals surface area contributed by atoms with Crippen molar-refractivity contribution in [3.63, 3.8) is 0 Å². The van der Waals surface area contributed by atoms with E-state index in [1.54, 1.807) is 23.3 Å². The third-order valence-corrected chi connectivity index (χ3v) is 5.86. The molecular weight excluding hydrogens is 392 g/mol. The number of nitrogens with zero attached hydrogens (tertiary/aromatic N) is 6. The lowest BCUT2D eigenvalue weighted by atomic mass is 10.00. The Labute approximate surface area is 178 Å². The highest BCUT2D eigenvalue weighted by Gasteiger charge is 2.29. The molecule has 1 fully saturated rings. The third kappa shape index (κ3) is 3.39. The van der Waals surface area contributed by atoms with Gasteiger partial charge in [-0.2, -0.15) is 4.98 Å². The zero-order valence-electron chi connectivity index (χ0n) is 16.8. The Morgan fingerprint density at radius 2 is 1.94 bits per heavy atom. The third-order valence-electron chi connectivity index (χ3n) is 5.86. The second kappa shape index (κ2) is 7.16. The fourth-order valence-electron chi connectivity index (χ4n) is 3.91. The lowest BCUT2D eigenvalue weighted by molar-refractivity contribution is 0.0729. The van der Waals surface area contributed by atoms with Gasteiger partial charge in [-0.05, 0) is 42.5 Å². The predicted octanol–water partition coefficient (Wildman–Crippen LogP) is 3.39. The van der Waals surface area contributed by atoms with E-state index in [0.717, 1.165) is 30.7 Å². The van der Waals surface area contributed by atoms with E-state index in [1.165, 1.54) is 11.1 Å². The number of carbonyl (C=O) groups is 1. The van der Waals surface area contributed by atoms with Gasteiger partial charge in [-0.25, -0.2) is 9.97 Å². The first kappa shape index (κ1) is 18.0. The molecule has 3 aromatic heterocycles. The van der Waals surface area contributed by atoms with Crippen molar-refractivity contribution in [2.24, 2.45) is 0 Å². The summed E-state index contributed by atoms with van der Waals surface area (Å²) in [6.07, 6.45) is 8.16. The van der Waals surface area contributed by atoms with Crippen molar-refractivity contribution >= 4 is 5.91 Å². The van der Waals surface area contributed by atoms with Crippen LogP contribution in [0.5, 0.6) is 0 Å². The monoisotopic (exact) mass is 412 g/mol. The maximum absolute atomic E-state index is 13.0. The molecule has 4 aromatic rings. The molecule has 0 N–H and O–H groups in total. The summed E-state index contributed by atoms with van der Waals surface area (Å²) in [7, 11) is 0. The van der Waals surface area contributed by atoms with E-state index in [9.17, 15) is 4.79 Å². The normalized spacial score (nSPS) is 15.7. The zero-order valence-corrected chi connectivity index (χ0v) is 16.8. The van der Waals surface area contributed by atoms with Crippen LogP contribution in [0.4, 0.5) is 0 Å². The number of hydrogen-bond donors (Lipinski definition) is 0. The molecule has 1 aromatic carbocycles. The van der Waals surface area contributed by atoms with E-state index in [2.05, 4.69) is 32.2 Å². The topological polar surface area (TPSA) is 89.9 Å². The van der Waals surface area contributed by atoms with Gasteiger partial charge in [0.25, 0.3) is 11.8 Å². The minimum atomic E-state index is -0.0664. The summed E-state index contributed by atoms with van der Waals surface area (Å²) in [5.74, 6) is 2.30. The Balaban J connectivity index is 1.18. The van der Waals surface area contributed by atoms with E-state index in [-0.39, 0.29) is 5.91 Å². The van der Waals surface area contributed by atoms with Gasteiger partial charge in [-0.3, -0.25) is 9.36 Å². The van der Waals surface area contributed by atoms with Crippen LogP contribution in [-0.4, -0.2) is 42.0 Å². The van der Waals surface area contributed by atoms with Crippen molar-refractivity contribution in [1.82, 2.24) is 29.6 Å².